The fourth-order valence-electron chi connectivity index (χ4n) is 3.26. The number of hydrogen-bond acceptors (Lipinski definition) is 10. The van der Waals surface area contributed by atoms with E-state index in [2.05, 4.69) is 35.7 Å². The van der Waals surface area contributed by atoms with Crippen LogP contribution in [0.25, 0.3) is 0 Å². The summed E-state index contributed by atoms with van der Waals surface area (Å²) >= 11 is 0. The van der Waals surface area contributed by atoms with Crippen LogP contribution in [0.3, 0.4) is 0 Å². The van der Waals surface area contributed by atoms with E-state index in [1.165, 1.54) is 24.8 Å². The average Bonchev–Trinajstić information content (AvgIpc) is 2.81. The maximum absolute atomic E-state index is 10.9. The Morgan fingerprint density at radius 2 is 1.72 bits per heavy atom. The summed E-state index contributed by atoms with van der Waals surface area (Å²) in [5, 5.41) is 27.9. The molecule has 0 unspecified atom stereocenters. The molecule has 0 bridgehead atoms. The minimum absolute atomic E-state index is 0.000981. The lowest BCUT2D eigenvalue weighted by Crippen LogP contribution is -2.31. The highest BCUT2D eigenvalue weighted by Crippen LogP contribution is 2.22. The molecule has 0 amide bonds. The number of phenols is 1. The van der Waals surface area contributed by atoms with E-state index in [1.54, 1.807) is 36.4 Å². The third kappa shape index (κ3) is 5.25. The van der Waals surface area contributed by atoms with Crippen LogP contribution in [0.2, 0.25) is 0 Å². The number of hydrogen-bond donors (Lipinski definition) is 3. The molecule has 1 aliphatic rings. The summed E-state index contributed by atoms with van der Waals surface area (Å²) in [5.74, 6) is 1.15. The van der Waals surface area contributed by atoms with Crippen LogP contribution in [-0.4, -0.2) is 44.3 Å². The number of phenolic OH excluding ortho intramolecular Hbond substituents is 1. The highest BCUT2D eigenvalue weighted by atomic mass is 16.6. The van der Waals surface area contributed by atoms with E-state index in [-0.39, 0.29) is 23.3 Å². The molecule has 0 spiro atoms. The molecule has 3 aromatic rings. The van der Waals surface area contributed by atoms with Gasteiger partial charge >= 0.3 is 0 Å². The van der Waals surface area contributed by atoms with E-state index in [0.29, 0.717) is 17.2 Å². The van der Waals surface area contributed by atoms with Gasteiger partial charge in [-0.2, -0.15) is 20.1 Å². The van der Waals surface area contributed by atoms with Crippen LogP contribution in [0.4, 0.5) is 29.2 Å². The Morgan fingerprint density at radius 3 is 2.44 bits per heavy atom. The molecule has 1 aromatic heterocycles. The van der Waals surface area contributed by atoms with Crippen molar-refractivity contribution < 1.29 is 10.0 Å². The van der Waals surface area contributed by atoms with Crippen molar-refractivity contribution >= 4 is 35.4 Å². The molecule has 0 saturated carbocycles. The number of rotatable bonds is 7. The molecule has 0 aliphatic carbocycles. The first-order chi connectivity index (χ1) is 15.6. The van der Waals surface area contributed by atoms with Crippen molar-refractivity contribution in [3.05, 3.63) is 64.2 Å². The van der Waals surface area contributed by atoms with Gasteiger partial charge in [-0.1, -0.05) is 12.1 Å². The van der Waals surface area contributed by atoms with E-state index in [1.807, 2.05) is 0 Å². The second-order valence-corrected chi connectivity index (χ2v) is 7.19. The van der Waals surface area contributed by atoms with Crippen molar-refractivity contribution in [1.29, 1.82) is 0 Å². The van der Waals surface area contributed by atoms with Crippen molar-refractivity contribution in [3.8, 4) is 5.75 Å². The van der Waals surface area contributed by atoms with Crippen LogP contribution in [0.5, 0.6) is 5.75 Å². The largest absolute Gasteiger partial charge is 0.507 e. The van der Waals surface area contributed by atoms with Gasteiger partial charge in [-0.25, -0.2) is 5.43 Å². The number of aromatic nitrogens is 3. The molecule has 11 nitrogen and oxygen atoms in total. The van der Waals surface area contributed by atoms with Gasteiger partial charge in [0.25, 0.3) is 5.69 Å². The first-order valence-electron chi connectivity index (χ1n) is 10.2. The number of nitro groups is 1. The number of nitrogens with one attached hydrogen (secondary N) is 2. The highest BCUT2D eigenvalue weighted by Gasteiger charge is 2.16. The van der Waals surface area contributed by atoms with Gasteiger partial charge in [0.15, 0.2) is 0 Å². The van der Waals surface area contributed by atoms with Crippen LogP contribution in [0.15, 0.2) is 53.6 Å². The molecule has 2 aromatic carbocycles. The van der Waals surface area contributed by atoms with E-state index < -0.39 is 4.92 Å². The number of benzene rings is 2. The van der Waals surface area contributed by atoms with Crippen LogP contribution in [0.1, 0.15) is 24.8 Å². The Hall–Kier alpha value is -4.28. The zero-order valence-electron chi connectivity index (χ0n) is 17.2. The maximum atomic E-state index is 10.9. The minimum Gasteiger partial charge on any atom is -0.507 e. The summed E-state index contributed by atoms with van der Waals surface area (Å²) in [5.41, 5.74) is 3.95. The Kier molecular flexibility index (Phi) is 6.35. The second kappa shape index (κ2) is 9.69. The number of para-hydroxylation sites is 1. The van der Waals surface area contributed by atoms with E-state index in [0.717, 1.165) is 25.9 Å². The summed E-state index contributed by atoms with van der Waals surface area (Å²) in [6.45, 7) is 1.70. The van der Waals surface area contributed by atoms with Gasteiger partial charge in [0.1, 0.15) is 5.75 Å². The molecule has 164 valence electrons. The SMILES string of the molecule is O=[N+]([O-])c1ccc(Nc2nc(NN=Cc3ccccc3O)nc(N3CCCCC3)n2)cc1. The number of nitrogens with zero attached hydrogens (tertiary/aromatic N) is 6. The predicted molar refractivity (Wildman–Crippen MR) is 122 cm³/mol. The number of anilines is 4. The van der Waals surface area contributed by atoms with Gasteiger partial charge in [-0.3, -0.25) is 10.1 Å². The van der Waals surface area contributed by atoms with E-state index in [9.17, 15) is 15.2 Å². The number of hydrazone groups is 1. The maximum Gasteiger partial charge on any atom is 0.269 e. The Bertz CT molecular complexity index is 1110. The minimum atomic E-state index is -0.453. The lowest BCUT2D eigenvalue weighted by Gasteiger charge is -2.26. The monoisotopic (exact) mass is 434 g/mol. The second-order valence-electron chi connectivity index (χ2n) is 7.19. The van der Waals surface area contributed by atoms with Crippen LogP contribution in [0, 0.1) is 10.1 Å². The zero-order valence-corrected chi connectivity index (χ0v) is 17.2. The van der Waals surface area contributed by atoms with Gasteiger partial charge in [0, 0.05) is 36.5 Å². The topological polar surface area (TPSA) is 142 Å². The van der Waals surface area contributed by atoms with Crippen molar-refractivity contribution in [1.82, 2.24) is 15.0 Å². The molecule has 0 radical (unpaired) electrons. The number of piperidine rings is 1. The quantitative estimate of drug-likeness (QED) is 0.288. The first kappa shape index (κ1) is 21.0. The molecule has 1 saturated heterocycles. The van der Waals surface area contributed by atoms with Crippen LogP contribution >= 0.6 is 0 Å². The normalized spacial score (nSPS) is 13.8. The first-order valence-corrected chi connectivity index (χ1v) is 10.2. The summed E-state index contributed by atoms with van der Waals surface area (Å²) in [6, 6.07) is 12.8. The number of aromatic hydroxyl groups is 1. The van der Waals surface area contributed by atoms with Gasteiger partial charge in [-0.15, -0.1) is 0 Å². The van der Waals surface area contributed by atoms with Crippen LogP contribution in [-0.2, 0) is 0 Å². The van der Waals surface area contributed by atoms with Crippen molar-refractivity contribution in [2.24, 2.45) is 5.10 Å². The van der Waals surface area contributed by atoms with Gasteiger partial charge in [0.05, 0.1) is 11.1 Å². The average molecular weight is 434 g/mol. The lowest BCUT2D eigenvalue weighted by molar-refractivity contribution is -0.384. The predicted octanol–water partition coefficient (Wildman–Crippen LogP) is 3.67. The number of non-ortho nitro benzene ring substituents is 1. The molecule has 0 atom stereocenters. The van der Waals surface area contributed by atoms with Gasteiger partial charge in [-0.05, 0) is 43.5 Å². The molecule has 1 aliphatic heterocycles. The Labute approximate surface area is 184 Å². The van der Waals surface area contributed by atoms with E-state index >= 15 is 0 Å². The molecule has 4 rings (SSSR count). The molecular formula is C21H22N8O3. The molecule has 11 heteroatoms. The highest BCUT2D eigenvalue weighted by molar-refractivity contribution is 5.83. The molecular weight excluding hydrogens is 412 g/mol. The molecule has 2 heterocycles. The summed E-state index contributed by atoms with van der Waals surface area (Å²) in [6.07, 6.45) is 4.77. The third-order valence-electron chi connectivity index (χ3n) is 4.90. The standard InChI is InChI=1S/C21H22N8O3/c30-18-7-3-2-6-15(18)14-22-27-20-24-19(23-16-8-10-17(11-9-16)29(31)32)25-21(26-20)28-12-4-1-5-13-28/h2-3,6-11,14,30H,1,4-5,12-13H2,(H2,23,24,25,26,27). The molecule has 3 N–H and O–H groups in total. The third-order valence-corrected chi connectivity index (χ3v) is 4.90. The van der Waals surface area contributed by atoms with E-state index in [4.69, 9.17) is 0 Å². The lowest BCUT2D eigenvalue weighted by atomic mass is 10.1. The summed E-state index contributed by atoms with van der Waals surface area (Å²) in [7, 11) is 0. The van der Waals surface area contributed by atoms with Crippen molar-refractivity contribution in [2.45, 2.75) is 19.3 Å². The Balaban J connectivity index is 1.57. The summed E-state index contributed by atoms with van der Waals surface area (Å²) < 4.78 is 0. The van der Waals surface area contributed by atoms with Gasteiger partial charge in [0.2, 0.25) is 17.8 Å². The zero-order chi connectivity index (χ0) is 22.3. The summed E-state index contributed by atoms with van der Waals surface area (Å²) in [4.78, 5) is 25.9. The molecule has 32 heavy (non-hydrogen) atoms. The number of nitro benzene ring substituents is 1. The van der Waals surface area contributed by atoms with Crippen LogP contribution < -0.4 is 15.6 Å². The fourth-order valence-corrected chi connectivity index (χ4v) is 3.26. The smallest absolute Gasteiger partial charge is 0.269 e. The van der Waals surface area contributed by atoms with Gasteiger partial charge < -0.3 is 15.3 Å². The molecule has 1 fully saturated rings. The van der Waals surface area contributed by atoms with Crippen molar-refractivity contribution in [3.63, 3.8) is 0 Å². The fraction of sp³-hybridized carbons (Fsp3) is 0.238. The van der Waals surface area contributed by atoms with Crippen molar-refractivity contribution in [2.75, 3.05) is 28.7 Å². The Morgan fingerprint density at radius 1 is 1.00 bits per heavy atom.